The smallest absolute Gasteiger partial charge is 0.282 e. The fraction of sp³-hybridized carbons (Fsp3) is 0.521. The molecule has 1 aromatic heterocycles. The average molecular weight is 829 g/mol. The zero-order valence-electron chi connectivity index (χ0n) is 34.6. The molecule has 60 heavy (non-hydrogen) atoms. The first kappa shape index (κ1) is 38.3. The number of benzene rings is 3. The average Bonchev–Trinajstić information content (AvgIpc) is 3.85. The van der Waals surface area contributed by atoms with Gasteiger partial charge in [-0.1, -0.05) is 35.9 Å². The number of halogens is 1. The number of hydrogen-bond acceptors (Lipinski definition) is 8. The van der Waals surface area contributed by atoms with Gasteiger partial charge in [0.1, 0.15) is 17.6 Å². The van der Waals surface area contributed by atoms with Crippen molar-refractivity contribution in [2.45, 2.75) is 113 Å². The van der Waals surface area contributed by atoms with E-state index in [1.165, 1.54) is 61.8 Å². The molecule has 3 amide bonds. The van der Waals surface area contributed by atoms with Crippen LogP contribution in [0.2, 0.25) is 5.02 Å². The van der Waals surface area contributed by atoms with Gasteiger partial charge < -0.3 is 19.4 Å². The van der Waals surface area contributed by atoms with Crippen LogP contribution in [0.3, 0.4) is 0 Å². The van der Waals surface area contributed by atoms with Crippen molar-refractivity contribution in [1.82, 2.24) is 29.6 Å². The number of hydrogen-bond donors (Lipinski definition) is 1. The fourth-order valence-corrected chi connectivity index (χ4v) is 12.5. The molecule has 3 saturated heterocycles. The number of amides is 3. The second kappa shape index (κ2) is 14.2. The number of nitrogens with zero attached hydrogens (tertiary/aromatic N) is 5. The van der Waals surface area contributed by atoms with Gasteiger partial charge in [0.25, 0.3) is 11.5 Å². The highest BCUT2D eigenvalue weighted by atomic mass is 35.5. The van der Waals surface area contributed by atoms with Crippen LogP contribution in [-0.2, 0) is 27.0 Å². The van der Waals surface area contributed by atoms with Crippen molar-refractivity contribution in [3.63, 3.8) is 0 Å². The number of fused-ring (bicyclic) bond motifs is 9. The van der Waals surface area contributed by atoms with Gasteiger partial charge in [0.2, 0.25) is 11.8 Å². The van der Waals surface area contributed by atoms with Gasteiger partial charge in [-0.25, -0.2) is 0 Å². The van der Waals surface area contributed by atoms with Crippen LogP contribution < -0.4 is 15.6 Å². The third-order valence-corrected chi connectivity index (χ3v) is 16.1. The Morgan fingerprint density at radius 2 is 1.67 bits per heavy atom. The number of carbonyl (C=O) groups excluding carboxylic acids is 3. The molecule has 0 unspecified atom stereocenters. The van der Waals surface area contributed by atoms with E-state index in [0.29, 0.717) is 47.5 Å². The second-order valence-electron chi connectivity index (χ2n) is 19.3. The Morgan fingerprint density at radius 3 is 2.43 bits per heavy atom. The standard InChI is InChI=1S/C48H53ClN6O5/c1-47(2)35-24-30(8-13-37(35)55-38-5-3-4-36(49)41(38)44(58)51-46(47)55)29-16-20-53(21-17-29)31-9-6-28(7-10-31)25-52-22-18-48(19-23-52)27-60-42-33-26-54(39-14-15-40(56)50-43(39)57)45(59)32(33)11-12-34(42)48/h3-5,8,11-13,24,28-29,31,39H,6-7,9-10,14-23,25-27H2,1-2H3,(H,50,56,57)/t28?,31?,39-/m0/s1. The summed E-state index contributed by atoms with van der Waals surface area (Å²) in [4.78, 5) is 62.5. The highest BCUT2D eigenvalue weighted by molar-refractivity contribution is 6.35. The number of nitrogens with one attached hydrogen (secondary N) is 1. The Morgan fingerprint density at radius 1 is 0.883 bits per heavy atom. The lowest BCUT2D eigenvalue weighted by Crippen LogP contribution is -2.52. The highest BCUT2D eigenvalue weighted by Crippen LogP contribution is 2.50. The van der Waals surface area contributed by atoms with E-state index in [-0.39, 0.29) is 40.5 Å². The van der Waals surface area contributed by atoms with Crippen LogP contribution in [0, 0.1) is 5.92 Å². The van der Waals surface area contributed by atoms with Crippen LogP contribution >= 0.6 is 11.6 Å². The molecule has 7 aliphatic rings. The molecule has 4 aromatic rings. The lowest BCUT2D eigenvalue weighted by molar-refractivity contribution is -0.136. The topological polar surface area (TPSA) is 117 Å². The van der Waals surface area contributed by atoms with Gasteiger partial charge in [-0.15, -0.1) is 0 Å². The molecule has 1 atom stereocenters. The molecule has 12 heteroatoms. The molecule has 312 valence electrons. The van der Waals surface area contributed by atoms with Crippen LogP contribution in [0.5, 0.6) is 5.75 Å². The van der Waals surface area contributed by atoms with Crippen LogP contribution in [0.25, 0.3) is 16.6 Å². The molecule has 11 nitrogen and oxygen atoms in total. The Hall–Kier alpha value is -4.58. The molecule has 0 radical (unpaired) electrons. The lowest BCUT2D eigenvalue weighted by Gasteiger charge is -2.43. The monoisotopic (exact) mass is 828 g/mol. The first-order valence-corrected chi connectivity index (χ1v) is 22.6. The quantitative estimate of drug-likeness (QED) is 0.224. The van der Waals surface area contributed by atoms with Crippen molar-refractivity contribution in [1.29, 1.82) is 0 Å². The number of carbonyl (C=O) groups is 3. The minimum Gasteiger partial charge on any atom is -0.492 e. The SMILES string of the molecule is CC1(C)c2cc(C3CCN(C4CCC(CN5CCC6(CC5)COc5c6ccc6c5CN([C@H]5CCC(=O)NC5=O)C6=O)CC4)CC3)ccc2-n2c1nc(=O)c1c(Cl)cccc12. The third-order valence-electron chi connectivity index (χ3n) is 15.8. The summed E-state index contributed by atoms with van der Waals surface area (Å²) in [5.41, 5.74) is 6.62. The lowest BCUT2D eigenvalue weighted by atomic mass is 9.73. The van der Waals surface area contributed by atoms with Gasteiger partial charge in [-0.2, -0.15) is 4.98 Å². The van der Waals surface area contributed by atoms with Gasteiger partial charge in [0.15, 0.2) is 0 Å². The Bertz CT molecular complexity index is 2530. The number of ether oxygens (including phenoxy) is 1. The van der Waals surface area contributed by atoms with E-state index in [1.807, 2.05) is 18.2 Å². The maximum absolute atomic E-state index is 13.4. The summed E-state index contributed by atoms with van der Waals surface area (Å²) < 4.78 is 8.58. The predicted molar refractivity (Wildman–Crippen MR) is 229 cm³/mol. The first-order chi connectivity index (χ1) is 29.0. The Balaban J connectivity index is 0.677. The van der Waals surface area contributed by atoms with E-state index in [2.05, 4.69) is 62.8 Å². The van der Waals surface area contributed by atoms with Gasteiger partial charge >= 0.3 is 0 Å². The largest absolute Gasteiger partial charge is 0.492 e. The van der Waals surface area contributed by atoms with E-state index in [4.69, 9.17) is 16.3 Å². The summed E-state index contributed by atoms with van der Waals surface area (Å²) in [5.74, 6) is 2.10. The summed E-state index contributed by atoms with van der Waals surface area (Å²) in [5, 5.41) is 3.33. The molecule has 3 aromatic carbocycles. The zero-order valence-corrected chi connectivity index (χ0v) is 35.4. The Kier molecular flexibility index (Phi) is 9.10. The molecule has 11 rings (SSSR count). The first-order valence-electron chi connectivity index (χ1n) is 22.3. The number of piperidine rings is 3. The molecule has 1 spiro atoms. The maximum Gasteiger partial charge on any atom is 0.282 e. The minimum absolute atomic E-state index is 0.0295. The fourth-order valence-electron chi connectivity index (χ4n) is 12.2. The molecule has 0 bridgehead atoms. The summed E-state index contributed by atoms with van der Waals surface area (Å²) in [7, 11) is 0. The van der Waals surface area contributed by atoms with E-state index in [0.717, 1.165) is 73.3 Å². The van der Waals surface area contributed by atoms with Crippen LogP contribution in [0.1, 0.15) is 122 Å². The van der Waals surface area contributed by atoms with Crippen molar-refractivity contribution in [2.24, 2.45) is 5.92 Å². The molecule has 4 fully saturated rings. The summed E-state index contributed by atoms with van der Waals surface area (Å²) in [6, 6.07) is 16.7. The predicted octanol–water partition coefficient (Wildman–Crippen LogP) is 6.60. The molecule has 1 N–H and O–H groups in total. The number of likely N-dealkylation sites (tertiary alicyclic amines) is 2. The van der Waals surface area contributed by atoms with Crippen LogP contribution in [0.15, 0.2) is 53.3 Å². The van der Waals surface area contributed by atoms with Gasteiger partial charge in [-0.3, -0.25) is 29.1 Å². The highest BCUT2D eigenvalue weighted by Gasteiger charge is 2.48. The number of imide groups is 1. The molecule has 1 saturated carbocycles. The normalized spacial score (nSPS) is 26.2. The van der Waals surface area contributed by atoms with Gasteiger partial charge in [0, 0.05) is 41.1 Å². The minimum atomic E-state index is -0.620. The number of rotatable bonds is 5. The zero-order chi connectivity index (χ0) is 41.1. The molecule has 1 aliphatic carbocycles. The summed E-state index contributed by atoms with van der Waals surface area (Å²) in [6.45, 7) is 10.9. The van der Waals surface area contributed by atoms with Gasteiger partial charge in [0.05, 0.1) is 40.2 Å². The molecule has 6 aliphatic heterocycles. The van der Waals surface area contributed by atoms with Crippen LogP contribution in [-0.4, -0.2) is 93.4 Å². The molecule has 7 heterocycles. The van der Waals surface area contributed by atoms with E-state index in [1.54, 1.807) is 11.0 Å². The Labute approximate surface area is 355 Å². The van der Waals surface area contributed by atoms with E-state index >= 15 is 0 Å². The van der Waals surface area contributed by atoms with E-state index < -0.39 is 6.04 Å². The van der Waals surface area contributed by atoms with Crippen LogP contribution in [0.4, 0.5) is 0 Å². The van der Waals surface area contributed by atoms with Crippen molar-refractivity contribution in [3.8, 4) is 11.4 Å². The molecular formula is C48H53ClN6O5. The second-order valence-corrected chi connectivity index (χ2v) is 19.7. The summed E-state index contributed by atoms with van der Waals surface area (Å²) >= 11 is 6.49. The van der Waals surface area contributed by atoms with Gasteiger partial charge in [-0.05, 0) is 145 Å². The van der Waals surface area contributed by atoms with E-state index in [9.17, 15) is 19.2 Å². The van der Waals surface area contributed by atoms with Crippen molar-refractivity contribution in [3.05, 3.63) is 97.5 Å². The van der Waals surface area contributed by atoms with Crippen molar-refractivity contribution < 1.29 is 19.1 Å². The van der Waals surface area contributed by atoms with Crippen molar-refractivity contribution in [2.75, 3.05) is 39.3 Å². The maximum atomic E-state index is 13.4. The third kappa shape index (κ3) is 6.00. The number of aromatic nitrogens is 2. The van der Waals surface area contributed by atoms with Crippen molar-refractivity contribution >= 4 is 40.2 Å². The summed E-state index contributed by atoms with van der Waals surface area (Å²) in [6.07, 6.45) is 10.2. The molecular weight excluding hydrogens is 776 g/mol.